The molecular weight excluding hydrogens is 168 g/mol. The molecule has 0 aromatic heterocycles. The van der Waals surface area contributed by atoms with Crippen LogP contribution in [-0.4, -0.2) is 30.2 Å². The molecule has 1 saturated carbocycles. The number of hydrogen-bond donors (Lipinski definition) is 1. The lowest BCUT2D eigenvalue weighted by atomic mass is 9.76. The monoisotopic (exact) mass is 186 g/mol. The first-order chi connectivity index (χ1) is 6.23. The van der Waals surface area contributed by atoms with Gasteiger partial charge in [0.2, 0.25) is 0 Å². The van der Waals surface area contributed by atoms with Crippen molar-refractivity contribution in [3.8, 4) is 0 Å². The molecule has 3 nitrogen and oxygen atoms in total. The number of aliphatic hydroxyl groups excluding tert-OH is 1. The van der Waals surface area contributed by atoms with Crippen molar-refractivity contribution in [1.82, 2.24) is 0 Å². The summed E-state index contributed by atoms with van der Waals surface area (Å²) >= 11 is 0. The molecule has 0 amide bonds. The molecule has 0 bridgehead atoms. The smallest absolute Gasteiger partial charge is 0.178 e. The average molecular weight is 186 g/mol. The summed E-state index contributed by atoms with van der Waals surface area (Å²) in [5, 5.41) is 9.16. The van der Waals surface area contributed by atoms with Crippen molar-refractivity contribution in [2.75, 3.05) is 13.2 Å². The minimum atomic E-state index is -0.709. The van der Waals surface area contributed by atoms with Gasteiger partial charge in [0, 0.05) is 0 Å². The van der Waals surface area contributed by atoms with Crippen molar-refractivity contribution >= 4 is 0 Å². The van der Waals surface area contributed by atoms with Crippen molar-refractivity contribution in [1.29, 1.82) is 0 Å². The maximum Gasteiger partial charge on any atom is 0.178 e. The normalized spacial score (nSPS) is 46.6. The molecule has 2 fully saturated rings. The lowest BCUT2D eigenvalue weighted by Crippen LogP contribution is -2.52. The van der Waals surface area contributed by atoms with Gasteiger partial charge in [0.25, 0.3) is 0 Å². The zero-order valence-electron chi connectivity index (χ0n) is 8.16. The van der Waals surface area contributed by atoms with E-state index in [0.717, 1.165) is 6.42 Å². The molecule has 13 heavy (non-hydrogen) atoms. The van der Waals surface area contributed by atoms with Gasteiger partial charge < -0.3 is 14.6 Å². The third-order valence-electron chi connectivity index (χ3n) is 3.42. The third kappa shape index (κ3) is 1.73. The van der Waals surface area contributed by atoms with Gasteiger partial charge in [-0.1, -0.05) is 19.8 Å². The van der Waals surface area contributed by atoms with Gasteiger partial charge in [-0.25, -0.2) is 0 Å². The third-order valence-corrected chi connectivity index (χ3v) is 3.42. The van der Waals surface area contributed by atoms with Crippen LogP contribution in [0.25, 0.3) is 0 Å². The van der Waals surface area contributed by atoms with Crippen LogP contribution in [0.5, 0.6) is 0 Å². The Morgan fingerprint density at radius 1 is 1.38 bits per heavy atom. The van der Waals surface area contributed by atoms with Crippen LogP contribution in [0.15, 0.2) is 0 Å². The fourth-order valence-electron chi connectivity index (χ4n) is 2.38. The highest BCUT2D eigenvalue weighted by Crippen LogP contribution is 2.38. The second kappa shape index (κ2) is 3.56. The first kappa shape index (κ1) is 9.44. The van der Waals surface area contributed by atoms with Crippen LogP contribution < -0.4 is 0 Å². The summed E-state index contributed by atoms with van der Waals surface area (Å²) in [7, 11) is 0. The van der Waals surface area contributed by atoms with E-state index in [1.54, 1.807) is 0 Å². The summed E-state index contributed by atoms with van der Waals surface area (Å²) in [5.41, 5.74) is -0.0858. The largest absolute Gasteiger partial charge is 0.367 e. The van der Waals surface area contributed by atoms with Crippen molar-refractivity contribution in [3.05, 3.63) is 0 Å². The maximum atomic E-state index is 9.16. The summed E-state index contributed by atoms with van der Waals surface area (Å²) in [6, 6.07) is 0. The molecule has 1 saturated heterocycles. The van der Waals surface area contributed by atoms with Gasteiger partial charge in [-0.3, -0.25) is 0 Å². The Balaban J connectivity index is 2.01. The molecule has 2 rings (SSSR count). The second-order valence-electron chi connectivity index (χ2n) is 4.29. The van der Waals surface area contributed by atoms with Crippen LogP contribution >= 0.6 is 0 Å². The van der Waals surface area contributed by atoms with Crippen LogP contribution in [-0.2, 0) is 9.47 Å². The van der Waals surface area contributed by atoms with Crippen molar-refractivity contribution in [2.24, 2.45) is 5.92 Å². The minimum absolute atomic E-state index is 0.0858. The summed E-state index contributed by atoms with van der Waals surface area (Å²) in [6.45, 7) is 3.12. The summed E-state index contributed by atoms with van der Waals surface area (Å²) < 4.78 is 11.0. The number of hydrogen-bond acceptors (Lipinski definition) is 3. The van der Waals surface area contributed by atoms with E-state index in [-0.39, 0.29) is 5.60 Å². The van der Waals surface area contributed by atoms with Crippen molar-refractivity contribution in [2.45, 2.75) is 44.5 Å². The molecule has 76 valence electrons. The first-order valence-corrected chi connectivity index (χ1v) is 5.17. The lowest BCUT2D eigenvalue weighted by molar-refractivity contribution is -0.270. The molecule has 0 aromatic carbocycles. The Morgan fingerprint density at radius 2 is 2.23 bits per heavy atom. The Bertz CT molecular complexity index is 173. The van der Waals surface area contributed by atoms with Gasteiger partial charge >= 0.3 is 0 Å². The molecule has 1 aliphatic heterocycles. The molecule has 2 aliphatic rings. The van der Waals surface area contributed by atoms with E-state index < -0.39 is 6.29 Å². The fraction of sp³-hybridized carbons (Fsp3) is 1.00. The standard InChI is InChI=1S/C10H18O3/c1-8-4-2-3-5-10(8)7-12-9(11)6-13-10/h8-9,11H,2-7H2,1H3/t8-,9+,10-/m1/s1. The van der Waals surface area contributed by atoms with Gasteiger partial charge in [-0.05, 0) is 18.8 Å². The van der Waals surface area contributed by atoms with E-state index >= 15 is 0 Å². The van der Waals surface area contributed by atoms with E-state index in [4.69, 9.17) is 14.6 Å². The Hall–Kier alpha value is -0.120. The number of rotatable bonds is 0. The number of aliphatic hydroxyl groups is 1. The number of ether oxygens (including phenoxy) is 2. The maximum absolute atomic E-state index is 9.16. The predicted molar refractivity (Wildman–Crippen MR) is 48.3 cm³/mol. The second-order valence-corrected chi connectivity index (χ2v) is 4.29. The predicted octanol–water partition coefficient (Wildman–Crippen LogP) is 1.30. The van der Waals surface area contributed by atoms with E-state index in [1.165, 1.54) is 19.3 Å². The van der Waals surface area contributed by atoms with Crippen LogP contribution in [0.4, 0.5) is 0 Å². The van der Waals surface area contributed by atoms with Gasteiger partial charge in [0.15, 0.2) is 6.29 Å². The highest BCUT2D eigenvalue weighted by molar-refractivity contribution is 4.91. The fourth-order valence-corrected chi connectivity index (χ4v) is 2.38. The Labute approximate surface area is 79.0 Å². The quantitative estimate of drug-likeness (QED) is 0.619. The molecule has 3 heteroatoms. The van der Waals surface area contributed by atoms with Crippen molar-refractivity contribution < 1.29 is 14.6 Å². The zero-order chi connectivity index (χ0) is 9.31. The topological polar surface area (TPSA) is 38.7 Å². The molecule has 3 atom stereocenters. The van der Waals surface area contributed by atoms with Crippen molar-refractivity contribution in [3.63, 3.8) is 0 Å². The SMILES string of the molecule is C[C@@H]1CCCC[C@@]12CO[C@H](O)CO2. The van der Waals surface area contributed by atoms with Crippen LogP contribution in [0.3, 0.4) is 0 Å². The van der Waals surface area contributed by atoms with E-state index in [0.29, 0.717) is 19.1 Å². The summed E-state index contributed by atoms with van der Waals surface area (Å²) in [6.07, 6.45) is 4.12. The van der Waals surface area contributed by atoms with Gasteiger partial charge in [0.1, 0.15) is 0 Å². The first-order valence-electron chi connectivity index (χ1n) is 5.17. The van der Waals surface area contributed by atoms with Crippen LogP contribution in [0.1, 0.15) is 32.6 Å². The highest BCUT2D eigenvalue weighted by Gasteiger charge is 2.42. The van der Waals surface area contributed by atoms with Gasteiger partial charge in [0.05, 0.1) is 18.8 Å². The minimum Gasteiger partial charge on any atom is -0.367 e. The van der Waals surface area contributed by atoms with Crippen LogP contribution in [0.2, 0.25) is 0 Å². The van der Waals surface area contributed by atoms with E-state index in [1.807, 2.05) is 0 Å². The van der Waals surface area contributed by atoms with Gasteiger partial charge in [-0.15, -0.1) is 0 Å². The Kier molecular flexibility index (Phi) is 2.58. The molecular formula is C10H18O3. The molecule has 1 N–H and O–H groups in total. The average Bonchev–Trinajstić information content (AvgIpc) is 2.15. The zero-order valence-corrected chi connectivity index (χ0v) is 8.16. The molecule has 0 unspecified atom stereocenters. The molecule has 0 radical (unpaired) electrons. The molecule has 1 aliphatic carbocycles. The van der Waals surface area contributed by atoms with Crippen LogP contribution in [0, 0.1) is 5.92 Å². The lowest BCUT2D eigenvalue weighted by Gasteiger charge is -2.45. The van der Waals surface area contributed by atoms with E-state index in [2.05, 4.69) is 6.92 Å². The Morgan fingerprint density at radius 3 is 2.85 bits per heavy atom. The highest BCUT2D eigenvalue weighted by atomic mass is 16.7. The molecule has 1 spiro atoms. The molecule has 1 heterocycles. The van der Waals surface area contributed by atoms with Gasteiger partial charge in [-0.2, -0.15) is 0 Å². The summed E-state index contributed by atoms with van der Waals surface area (Å²) in [4.78, 5) is 0. The summed E-state index contributed by atoms with van der Waals surface area (Å²) in [5.74, 6) is 0.564. The molecule has 0 aromatic rings. The van der Waals surface area contributed by atoms with E-state index in [9.17, 15) is 0 Å².